The van der Waals surface area contributed by atoms with E-state index in [1.54, 1.807) is 12.3 Å². The van der Waals surface area contributed by atoms with Crippen LogP contribution < -0.4 is 11.1 Å². The Hall–Kier alpha value is -1.98. The number of aromatic nitrogens is 1. The van der Waals surface area contributed by atoms with Crippen molar-refractivity contribution >= 4 is 16.8 Å². The van der Waals surface area contributed by atoms with Crippen LogP contribution in [0.4, 0.5) is 0 Å². The number of nitrogens with two attached hydrogens (primary N) is 1. The Kier molecular flexibility index (Phi) is 5.46. The number of nitrogens with zero attached hydrogens (tertiary/aromatic N) is 1. The topological polar surface area (TPSA) is 77.2 Å². The van der Waals surface area contributed by atoms with Crippen molar-refractivity contribution in [2.75, 3.05) is 26.3 Å². The van der Waals surface area contributed by atoms with Crippen LogP contribution in [0.15, 0.2) is 36.5 Å². The summed E-state index contributed by atoms with van der Waals surface area (Å²) in [6.45, 7) is 2.29. The van der Waals surface area contributed by atoms with Crippen molar-refractivity contribution in [3.05, 3.63) is 42.1 Å². The summed E-state index contributed by atoms with van der Waals surface area (Å²) in [5.41, 5.74) is 6.85. The minimum absolute atomic E-state index is 0.0745. The molecule has 2 rings (SSSR count). The quantitative estimate of drug-likeness (QED) is 0.746. The average molecular weight is 273 g/mol. The molecule has 1 aromatic heterocycles. The fraction of sp³-hybridized carbons (Fsp3) is 0.333. The van der Waals surface area contributed by atoms with E-state index in [9.17, 15) is 4.79 Å². The molecule has 20 heavy (non-hydrogen) atoms. The monoisotopic (exact) mass is 273 g/mol. The first-order valence-electron chi connectivity index (χ1n) is 6.72. The van der Waals surface area contributed by atoms with Gasteiger partial charge in [-0.3, -0.25) is 9.78 Å². The number of amides is 1. The van der Waals surface area contributed by atoms with Crippen molar-refractivity contribution < 1.29 is 9.53 Å². The summed E-state index contributed by atoms with van der Waals surface area (Å²) < 4.78 is 5.24. The van der Waals surface area contributed by atoms with Crippen LogP contribution in [0.5, 0.6) is 0 Å². The zero-order valence-corrected chi connectivity index (χ0v) is 11.3. The fourth-order valence-electron chi connectivity index (χ4n) is 1.88. The van der Waals surface area contributed by atoms with Gasteiger partial charge in [0.1, 0.15) is 0 Å². The Balaban J connectivity index is 1.84. The predicted octanol–water partition coefficient (Wildman–Crippen LogP) is 1.33. The van der Waals surface area contributed by atoms with E-state index < -0.39 is 0 Å². The van der Waals surface area contributed by atoms with Gasteiger partial charge < -0.3 is 15.8 Å². The lowest BCUT2D eigenvalue weighted by Gasteiger charge is -2.06. The second-order valence-electron chi connectivity index (χ2n) is 4.42. The minimum Gasteiger partial charge on any atom is -0.380 e. The summed E-state index contributed by atoms with van der Waals surface area (Å²) in [6, 6.07) is 9.30. The van der Waals surface area contributed by atoms with E-state index in [0.29, 0.717) is 31.9 Å². The van der Waals surface area contributed by atoms with Gasteiger partial charge in [-0.2, -0.15) is 0 Å². The molecular weight excluding hydrogens is 254 g/mol. The van der Waals surface area contributed by atoms with E-state index in [1.807, 2.05) is 24.3 Å². The summed E-state index contributed by atoms with van der Waals surface area (Å²) >= 11 is 0. The van der Waals surface area contributed by atoms with Gasteiger partial charge in [0.15, 0.2) is 0 Å². The molecule has 0 spiro atoms. The molecule has 0 radical (unpaired) electrons. The second kappa shape index (κ2) is 7.57. The lowest BCUT2D eigenvalue weighted by molar-refractivity contribution is 0.0943. The molecule has 0 atom stereocenters. The number of nitrogens with one attached hydrogen (secondary N) is 1. The number of hydrogen-bond donors (Lipinski definition) is 2. The highest BCUT2D eigenvalue weighted by molar-refractivity contribution is 5.97. The molecule has 0 saturated heterocycles. The van der Waals surface area contributed by atoms with E-state index >= 15 is 0 Å². The Labute approximate surface area is 118 Å². The molecule has 0 aliphatic heterocycles. The standard InChI is InChI=1S/C15H19N3O2/c16-6-10-20-9-2-8-18-15(19)13-4-5-14-12(11-13)3-1-7-17-14/h1,3-5,7,11H,2,6,8-10,16H2,(H,18,19). The zero-order valence-electron chi connectivity index (χ0n) is 11.3. The molecule has 0 fully saturated rings. The van der Waals surface area contributed by atoms with Gasteiger partial charge in [0.25, 0.3) is 5.91 Å². The Bertz CT molecular complexity index is 572. The van der Waals surface area contributed by atoms with Gasteiger partial charge in [0, 0.05) is 36.8 Å². The number of ether oxygens (including phenoxy) is 1. The lowest BCUT2D eigenvalue weighted by atomic mass is 10.1. The third kappa shape index (κ3) is 4.01. The molecule has 0 bridgehead atoms. The highest BCUT2D eigenvalue weighted by Gasteiger charge is 2.05. The minimum atomic E-state index is -0.0745. The maximum Gasteiger partial charge on any atom is 0.251 e. The SMILES string of the molecule is NCCOCCCNC(=O)c1ccc2ncccc2c1. The van der Waals surface area contributed by atoms with Crippen molar-refractivity contribution in [1.29, 1.82) is 0 Å². The lowest BCUT2D eigenvalue weighted by Crippen LogP contribution is -2.25. The molecule has 2 aromatic rings. The fourth-order valence-corrected chi connectivity index (χ4v) is 1.88. The van der Waals surface area contributed by atoms with Crippen LogP contribution in [0.1, 0.15) is 16.8 Å². The van der Waals surface area contributed by atoms with E-state index in [1.165, 1.54) is 0 Å². The first-order chi connectivity index (χ1) is 9.81. The van der Waals surface area contributed by atoms with Crippen molar-refractivity contribution in [2.24, 2.45) is 5.73 Å². The van der Waals surface area contributed by atoms with Crippen molar-refractivity contribution in [3.63, 3.8) is 0 Å². The first-order valence-corrected chi connectivity index (χ1v) is 6.72. The molecule has 5 heteroatoms. The van der Waals surface area contributed by atoms with Gasteiger partial charge in [0.2, 0.25) is 0 Å². The van der Waals surface area contributed by atoms with Gasteiger partial charge in [-0.15, -0.1) is 0 Å². The molecule has 1 heterocycles. The van der Waals surface area contributed by atoms with E-state index in [4.69, 9.17) is 10.5 Å². The third-order valence-corrected chi connectivity index (χ3v) is 2.88. The number of benzene rings is 1. The number of carbonyl (C=O) groups excluding carboxylic acids is 1. The molecular formula is C15H19N3O2. The number of pyridine rings is 1. The molecule has 106 valence electrons. The van der Waals surface area contributed by atoms with Crippen molar-refractivity contribution in [1.82, 2.24) is 10.3 Å². The van der Waals surface area contributed by atoms with Crippen LogP contribution in [0.2, 0.25) is 0 Å². The zero-order chi connectivity index (χ0) is 14.2. The summed E-state index contributed by atoms with van der Waals surface area (Å²) in [5, 5.41) is 3.83. The number of carbonyl (C=O) groups is 1. The summed E-state index contributed by atoms with van der Waals surface area (Å²) in [4.78, 5) is 16.2. The van der Waals surface area contributed by atoms with Crippen LogP contribution in [-0.4, -0.2) is 37.2 Å². The molecule has 0 saturated carbocycles. The highest BCUT2D eigenvalue weighted by atomic mass is 16.5. The molecule has 0 aliphatic rings. The van der Waals surface area contributed by atoms with Gasteiger partial charge >= 0.3 is 0 Å². The molecule has 1 amide bonds. The van der Waals surface area contributed by atoms with Gasteiger partial charge in [-0.1, -0.05) is 6.07 Å². The van der Waals surface area contributed by atoms with Gasteiger partial charge in [-0.25, -0.2) is 0 Å². The van der Waals surface area contributed by atoms with E-state index in [0.717, 1.165) is 17.3 Å². The smallest absolute Gasteiger partial charge is 0.251 e. The molecule has 0 aliphatic carbocycles. The highest BCUT2D eigenvalue weighted by Crippen LogP contribution is 2.13. The number of hydrogen-bond acceptors (Lipinski definition) is 4. The van der Waals surface area contributed by atoms with E-state index in [2.05, 4.69) is 10.3 Å². The second-order valence-corrected chi connectivity index (χ2v) is 4.42. The molecule has 3 N–H and O–H groups in total. The summed E-state index contributed by atoms with van der Waals surface area (Å²) in [7, 11) is 0. The molecule has 5 nitrogen and oxygen atoms in total. The van der Waals surface area contributed by atoms with Crippen LogP contribution in [-0.2, 0) is 4.74 Å². The Morgan fingerprint density at radius 3 is 3.05 bits per heavy atom. The molecule has 1 aromatic carbocycles. The first kappa shape index (κ1) is 14.4. The van der Waals surface area contributed by atoms with Crippen molar-refractivity contribution in [2.45, 2.75) is 6.42 Å². The molecule has 0 unspecified atom stereocenters. The van der Waals surface area contributed by atoms with Gasteiger partial charge in [-0.05, 0) is 30.7 Å². The predicted molar refractivity (Wildman–Crippen MR) is 78.6 cm³/mol. The summed E-state index contributed by atoms with van der Waals surface area (Å²) in [5.74, 6) is -0.0745. The van der Waals surface area contributed by atoms with Crippen LogP contribution >= 0.6 is 0 Å². The number of fused-ring (bicyclic) bond motifs is 1. The Morgan fingerprint density at radius 1 is 1.30 bits per heavy atom. The largest absolute Gasteiger partial charge is 0.380 e. The third-order valence-electron chi connectivity index (χ3n) is 2.88. The van der Waals surface area contributed by atoms with Crippen LogP contribution in [0.3, 0.4) is 0 Å². The summed E-state index contributed by atoms with van der Waals surface area (Å²) in [6.07, 6.45) is 2.52. The van der Waals surface area contributed by atoms with Gasteiger partial charge in [0.05, 0.1) is 12.1 Å². The van der Waals surface area contributed by atoms with Crippen LogP contribution in [0, 0.1) is 0 Å². The van der Waals surface area contributed by atoms with Crippen molar-refractivity contribution in [3.8, 4) is 0 Å². The van der Waals surface area contributed by atoms with Crippen LogP contribution in [0.25, 0.3) is 10.9 Å². The normalized spacial score (nSPS) is 10.7. The Morgan fingerprint density at radius 2 is 2.20 bits per heavy atom. The van der Waals surface area contributed by atoms with E-state index in [-0.39, 0.29) is 5.91 Å². The number of rotatable bonds is 7. The maximum atomic E-state index is 12.0. The average Bonchev–Trinajstić information content (AvgIpc) is 2.50. The maximum absolute atomic E-state index is 12.0.